The van der Waals surface area contributed by atoms with Gasteiger partial charge in [0.1, 0.15) is 5.58 Å². The van der Waals surface area contributed by atoms with Gasteiger partial charge in [0.05, 0.1) is 11.0 Å². The Balaban J connectivity index is 0.00000131. The van der Waals surface area contributed by atoms with Gasteiger partial charge in [0, 0.05) is 43.0 Å². The molecule has 150 valence electrons. The lowest BCUT2D eigenvalue weighted by Gasteiger charge is -2.19. The summed E-state index contributed by atoms with van der Waals surface area (Å²) < 4.78 is 29.8. The van der Waals surface area contributed by atoms with Gasteiger partial charge in [-0.2, -0.15) is 0 Å². The molecule has 0 aliphatic carbocycles. The monoisotopic (exact) mass is 434 g/mol. The highest BCUT2D eigenvalue weighted by atomic mass is 35.5. The van der Waals surface area contributed by atoms with Gasteiger partial charge in [-0.3, -0.25) is 4.90 Å². The Morgan fingerprint density at radius 1 is 1.22 bits per heavy atom. The molecule has 0 amide bonds. The molecule has 0 bridgehead atoms. The van der Waals surface area contributed by atoms with Crippen LogP contribution in [0.2, 0.25) is 0 Å². The maximum absolute atomic E-state index is 12.2. The van der Waals surface area contributed by atoms with Gasteiger partial charge in [-0.25, -0.2) is 13.2 Å². The van der Waals surface area contributed by atoms with Crippen LogP contribution in [0.4, 0.5) is 0 Å². The Morgan fingerprint density at radius 2 is 1.96 bits per heavy atom. The largest absolute Gasteiger partial charge is 0.423 e. The molecule has 1 aromatic heterocycles. The van der Waals surface area contributed by atoms with Crippen LogP contribution in [0.15, 0.2) is 33.5 Å². The SMILES string of the molecule is CCc1ccc2oc(=O)cc(CN3C[C@H]4[C@H](N)CS(=O)(=O)[C@H]4C3)c2c1.Cl.Cl. The van der Waals surface area contributed by atoms with Crippen molar-refractivity contribution in [1.82, 2.24) is 4.90 Å². The highest BCUT2D eigenvalue weighted by molar-refractivity contribution is 7.92. The highest BCUT2D eigenvalue weighted by Crippen LogP contribution is 2.34. The molecule has 9 heteroatoms. The molecule has 2 N–H and O–H groups in total. The summed E-state index contributed by atoms with van der Waals surface area (Å²) >= 11 is 0. The summed E-state index contributed by atoms with van der Waals surface area (Å²) in [4.78, 5) is 14.0. The summed E-state index contributed by atoms with van der Waals surface area (Å²) in [6.07, 6.45) is 0.898. The van der Waals surface area contributed by atoms with Crippen molar-refractivity contribution in [2.45, 2.75) is 31.2 Å². The average molecular weight is 435 g/mol. The molecular formula is C18H24Cl2N2O4S. The quantitative estimate of drug-likeness (QED) is 0.739. The van der Waals surface area contributed by atoms with E-state index in [-0.39, 0.29) is 53.4 Å². The summed E-state index contributed by atoms with van der Waals surface area (Å²) in [5, 5.41) is 0.545. The second-order valence-electron chi connectivity index (χ2n) is 7.16. The predicted molar refractivity (Wildman–Crippen MR) is 111 cm³/mol. The van der Waals surface area contributed by atoms with Gasteiger partial charge < -0.3 is 10.2 Å². The van der Waals surface area contributed by atoms with Crippen molar-refractivity contribution in [2.24, 2.45) is 11.7 Å². The summed E-state index contributed by atoms with van der Waals surface area (Å²) in [5.41, 5.74) is 8.28. The molecule has 4 rings (SSSR count). The van der Waals surface area contributed by atoms with E-state index in [1.165, 1.54) is 11.6 Å². The lowest BCUT2D eigenvalue weighted by molar-refractivity contribution is 0.308. The van der Waals surface area contributed by atoms with Crippen LogP contribution in [0, 0.1) is 5.92 Å². The molecule has 3 heterocycles. The number of hydrogen-bond donors (Lipinski definition) is 1. The van der Waals surface area contributed by atoms with E-state index in [1.54, 1.807) is 0 Å². The molecule has 2 fully saturated rings. The van der Waals surface area contributed by atoms with Crippen LogP contribution in [0.5, 0.6) is 0 Å². The van der Waals surface area contributed by atoms with Crippen molar-refractivity contribution in [3.8, 4) is 0 Å². The normalized spacial score (nSPS) is 26.4. The Kier molecular flexibility index (Phi) is 6.64. The molecule has 0 saturated carbocycles. The van der Waals surface area contributed by atoms with E-state index in [4.69, 9.17) is 10.2 Å². The van der Waals surface area contributed by atoms with Crippen molar-refractivity contribution < 1.29 is 12.8 Å². The molecule has 27 heavy (non-hydrogen) atoms. The molecule has 3 atom stereocenters. The van der Waals surface area contributed by atoms with E-state index in [1.807, 2.05) is 18.2 Å². The lowest BCUT2D eigenvalue weighted by Crippen LogP contribution is -2.33. The van der Waals surface area contributed by atoms with Gasteiger partial charge in [-0.15, -0.1) is 24.8 Å². The molecule has 1 aromatic carbocycles. The van der Waals surface area contributed by atoms with Crippen molar-refractivity contribution in [3.63, 3.8) is 0 Å². The van der Waals surface area contributed by atoms with E-state index in [2.05, 4.69) is 11.8 Å². The van der Waals surface area contributed by atoms with Crippen molar-refractivity contribution >= 4 is 45.6 Å². The number of hydrogen-bond acceptors (Lipinski definition) is 6. The third-order valence-corrected chi connectivity index (χ3v) is 7.79. The number of fused-ring (bicyclic) bond motifs is 2. The second-order valence-corrected chi connectivity index (χ2v) is 9.43. The van der Waals surface area contributed by atoms with Crippen LogP contribution in [0.1, 0.15) is 18.1 Å². The molecule has 6 nitrogen and oxygen atoms in total. The summed E-state index contributed by atoms with van der Waals surface area (Å²) in [6, 6.07) is 7.07. The van der Waals surface area contributed by atoms with E-state index in [9.17, 15) is 13.2 Å². The number of benzene rings is 1. The van der Waals surface area contributed by atoms with Crippen LogP contribution < -0.4 is 11.4 Å². The van der Waals surface area contributed by atoms with E-state index >= 15 is 0 Å². The van der Waals surface area contributed by atoms with Gasteiger partial charge >= 0.3 is 5.63 Å². The maximum Gasteiger partial charge on any atom is 0.336 e. The fourth-order valence-corrected chi connectivity index (χ4v) is 6.47. The van der Waals surface area contributed by atoms with Crippen LogP contribution in [0.3, 0.4) is 0 Å². The van der Waals surface area contributed by atoms with Crippen LogP contribution in [-0.4, -0.2) is 43.5 Å². The second kappa shape index (κ2) is 8.09. The van der Waals surface area contributed by atoms with Crippen LogP contribution >= 0.6 is 24.8 Å². The molecule has 2 aliphatic rings. The summed E-state index contributed by atoms with van der Waals surface area (Å²) in [6.45, 7) is 3.74. The fraction of sp³-hybridized carbons (Fsp3) is 0.500. The predicted octanol–water partition coefficient (Wildman–Crippen LogP) is 1.76. The Bertz CT molecular complexity index is 993. The van der Waals surface area contributed by atoms with Gasteiger partial charge in [-0.05, 0) is 29.7 Å². The smallest absolute Gasteiger partial charge is 0.336 e. The van der Waals surface area contributed by atoms with Crippen LogP contribution in [0.25, 0.3) is 11.0 Å². The number of likely N-dealkylation sites (tertiary alicyclic amines) is 1. The van der Waals surface area contributed by atoms with E-state index < -0.39 is 9.84 Å². The number of nitrogens with two attached hydrogens (primary N) is 1. The summed E-state index contributed by atoms with van der Waals surface area (Å²) in [5.74, 6) is 0.0797. The van der Waals surface area contributed by atoms with E-state index in [0.29, 0.717) is 25.2 Å². The first kappa shape index (κ1) is 22.2. The van der Waals surface area contributed by atoms with Gasteiger partial charge in [-0.1, -0.05) is 13.0 Å². The number of rotatable bonds is 3. The zero-order valence-corrected chi connectivity index (χ0v) is 17.4. The molecule has 0 spiro atoms. The maximum atomic E-state index is 12.2. The first-order valence-electron chi connectivity index (χ1n) is 8.62. The van der Waals surface area contributed by atoms with Crippen molar-refractivity contribution in [3.05, 3.63) is 45.8 Å². The van der Waals surface area contributed by atoms with Gasteiger partial charge in [0.25, 0.3) is 0 Å². The van der Waals surface area contributed by atoms with Gasteiger partial charge in [0.15, 0.2) is 9.84 Å². The molecule has 0 radical (unpaired) electrons. The van der Waals surface area contributed by atoms with Crippen LogP contribution in [-0.2, 0) is 22.8 Å². The molecular weight excluding hydrogens is 411 g/mol. The number of aryl methyl sites for hydroxylation is 1. The Labute approximate surface area is 170 Å². The fourth-order valence-electron chi connectivity index (χ4n) is 4.18. The Morgan fingerprint density at radius 3 is 2.63 bits per heavy atom. The zero-order chi connectivity index (χ0) is 17.8. The number of nitrogens with zero attached hydrogens (tertiary/aromatic N) is 1. The minimum Gasteiger partial charge on any atom is -0.423 e. The summed E-state index contributed by atoms with van der Waals surface area (Å²) in [7, 11) is -3.11. The zero-order valence-electron chi connectivity index (χ0n) is 15.0. The minimum absolute atomic E-state index is 0. The third kappa shape index (κ3) is 4.03. The molecule has 0 unspecified atom stereocenters. The molecule has 2 aliphatic heterocycles. The number of halogens is 2. The standard InChI is InChI=1S/C18H22N2O4S.2ClH/c1-2-11-3-4-16-13(5-11)12(6-18(21)24-16)7-20-8-14-15(19)10-25(22,23)17(14)9-20;;/h3-6,14-15,17H,2,7-10,19H2,1H3;2*1H/t14-,15+,17-;;/m0../s1. The third-order valence-electron chi connectivity index (χ3n) is 5.52. The Hall–Kier alpha value is -1.12. The molecule has 2 aromatic rings. The van der Waals surface area contributed by atoms with Gasteiger partial charge in [0.2, 0.25) is 0 Å². The molecule has 2 saturated heterocycles. The first-order chi connectivity index (χ1) is 11.9. The van der Waals surface area contributed by atoms with E-state index in [0.717, 1.165) is 17.4 Å². The number of sulfone groups is 1. The lowest BCUT2D eigenvalue weighted by atomic mass is 10.0. The van der Waals surface area contributed by atoms with Crippen molar-refractivity contribution in [1.29, 1.82) is 0 Å². The minimum atomic E-state index is -3.11. The average Bonchev–Trinajstić information content (AvgIpc) is 3.06. The highest BCUT2D eigenvalue weighted by Gasteiger charge is 2.50. The van der Waals surface area contributed by atoms with Crippen molar-refractivity contribution in [2.75, 3.05) is 18.8 Å². The first-order valence-corrected chi connectivity index (χ1v) is 10.3. The topological polar surface area (TPSA) is 93.6 Å².